The average Bonchev–Trinajstić information content (AvgIpc) is 2.75. The Morgan fingerprint density at radius 3 is 2.94 bits per heavy atom. The Labute approximate surface area is 116 Å². The number of rotatable bonds is 4. The van der Waals surface area contributed by atoms with Gasteiger partial charge in [-0.1, -0.05) is 22.0 Å². The minimum absolute atomic E-state index is 0.0787. The van der Waals surface area contributed by atoms with Crippen LogP contribution >= 0.6 is 15.9 Å². The van der Waals surface area contributed by atoms with Gasteiger partial charge in [0.15, 0.2) is 0 Å². The van der Waals surface area contributed by atoms with E-state index in [1.807, 2.05) is 19.1 Å². The van der Waals surface area contributed by atoms with E-state index in [4.69, 9.17) is 0 Å². The third kappa shape index (κ3) is 3.70. The smallest absolute Gasteiger partial charge is 0.234 e. The molecule has 1 aromatic carbocycles. The Balaban J connectivity index is 2.09. The fourth-order valence-electron chi connectivity index (χ4n) is 2.08. The van der Waals surface area contributed by atoms with Crippen molar-refractivity contribution >= 4 is 31.6 Å². The van der Waals surface area contributed by atoms with Gasteiger partial charge in [0.05, 0.1) is 11.4 Å². The molecule has 1 fully saturated rings. The van der Waals surface area contributed by atoms with Gasteiger partial charge in [0.1, 0.15) is 0 Å². The molecule has 0 saturated carbocycles. The number of benzene rings is 1. The number of sulfonamides is 1. The molecule has 1 heterocycles. The molecule has 0 aliphatic carbocycles. The molecule has 0 spiro atoms. The maximum absolute atomic E-state index is 12.1. The molecule has 18 heavy (non-hydrogen) atoms. The molecule has 2 N–H and O–H groups in total. The van der Waals surface area contributed by atoms with E-state index in [1.165, 1.54) is 0 Å². The average molecular weight is 333 g/mol. The molecule has 0 radical (unpaired) electrons. The summed E-state index contributed by atoms with van der Waals surface area (Å²) in [6.45, 7) is 2.80. The van der Waals surface area contributed by atoms with Gasteiger partial charge >= 0.3 is 0 Å². The molecule has 1 aliphatic heterocycles. The second kappa shape index (κ2) is 5.59. The van der Waals surface area contributed by atoms with Gasteiger partial charge in [-0.3, -0.25) is 4.72 Å². The molecule has 100 valence electrons. The topological polar surface area (TPSA) is 58.2 Å². The second-order valence-electron chi connectivity index (χ2n) is 4.64. The van der Waals surface area contributed by atoms with Crippen LogP contribution in [0.25, 0.3) is 0 Å². The van der Waals surface area contributed by atoms with Crippen LogP contribution in [0.2, 0.25) is 0 Å². The van der Waals surface area contributed by atoms with Gasteiger partial charge in [-0.25, -0.2) is 8.42 Å². The molecule has 1 saturated heterocycles. The summed E-state index contributed by atoms with van der Waals surface area (Å²) in [5, 5.41) is 3.20. The first kappa shape index (κ1) is 13.8. The van der Waals surface area contributed by atoms with Gasteiger partial charge in [0.25, 0.3) is 0 Å². The van der Waals surface area contributed by atoms with Crippen molar-refractivity contribution in [2.24, 2.45) is 0 Å². The summed E-state index contributed by atoms with van der Waals surface area (Å²) in [5.74, 6) is 0.138. The Morgan fingerprint density at radius 1 is 1.50 bits per heavy atom. The largest absolute Gasteiger partial charge is 0.313 e. The molecule has 1 aliphatic rings. The molecule has 0 amide bonds. The van der Waals surface area contributed by atoms with Crippen LogP contribution < -0.4 is 10.0 Å². The summed E-state index contributed by atoms with van der Waals surface area (Å²) in [7, 11) is -3.29. The van der Waals surface area contributed by atoms with Gasteiger partial charge in [0.2, 0.25) is 10.0 Å². The summed E-state index contributed by atoms with van der Waals surface area (Å²) in [6, 6.07) is 5.64. The molecule has 0 aromatic heterocycles. The van der Waals surface area contributed by atoms with Crippen LogP contribution in [0, 0.1) is 6.92 Å². The highest BCUT2D eigenvalue weighted by molar-refractivity contribution is 9.10. The standard InChI is InChI=1S/C12H17BrN2O2S/c1-9-4-5-10(13)7-12(9)15-18(16,17)8-11-3-2-6-14-11/h4-5,7,11,14-15H,2-3,6,8H2,1H3. The molecule has 1 atom stereocenters. The zero-order valence-corrected chi connectivity index (χ0v) is 12.6. The number of hydrogen-bond donors (Lipinski definition) is 2. The Morgan fingerprint density at radius 2 is 2.28 bits per heavy atom. The minimum Gasteiger partial charge on any atom is -0.313 e. The van der Waals surface area contributed by atoms with E-state index in [2.05, 4.69) is 26.0 Å². The van der Waals surface area contributed by atoms with E-state index >= 15 is 0 Å². The molecule has 0 bridgehead atoms. The third-order valence-electron chi connectivity index (χ3n) is 3.05. The lowest BCUT2D eigenvalue weighted by Crippen LogP contribution is -2.32. The van der Waals surface area contributed by atoms with Crippen LogP contribution in [-0.2, 0) is 10.0 Å². The van der Waals surface area contributed by atoms with E-state index < -0.39 is 10.0 Å². The molecular weight excluding hydrogens is 316 g/mol. The number of aryl methyl sites for hydroxylation is 1. The normalized spacial score (nSPS) is 20.0. The lowest BCUT2D eigenvalue weighted by molar-refractivity contribution is 0.581. The fourth-order valence-corrected chi connectivity index (χ4v) is 3.89. The van der Waals surface area contributed by atoms with E-state index in [-0.39, 0.29) is 11.8 Å². The lowest BCUT2D eigenvalue weighted by Gasteiger charge is -2.14. The zero-order chi connectivity index (χ0) is 13.2. The number of hydrogen-bond acceptors (Lipinski definition) is 3. The van der Waals surface area contributed by atoms with Crippen LogP contribution in [0.3, 0.4) is 0 Å². The molecular formula is C12H17BrN2O2S. The summed E-state index contributed by atoms with van der Waals surface area (Å²) in [5.41, 5.74) is 1.56. The summed E-state index contributed by atoms with van der Waals surface area (Å²) in [4.78, 5) is 0. The monoisotopic (exact) mass is 332 g/mol. The predicted molar refractivity (Wildman–Crippen MR) is 77.3 cm³/mol. The van der Waals surface area contributed by atoms with E-state index in [9.17, 15) is 8.42 Å². The predicted octanol–water partition coefficient (Wildman–Crippen LogP) is 2.25. The first-order chi connectivity index (χ1) is 8.46. The molecule has 6 heteroatoms. The summed E-state index contributed by atoms with van der Waals surface area (Å²) < 4.78 is 27.6. The van der Waals surface area contributed by atoms with Crippen LogP contribution in [0.1, 0.15) is 18.4 Å². The first-order valence-electron chi connectivity index (χ1n) is 5.96. The zero-order valence-electron chi connectivity index (χ0n) is 10.2. The maximum Gasteiger partial charge on any atom is 0.234 e. The van der Waals surface area contributed by atoms with Gasteiger partial charge < -0.3 is 5.32 Å². The van der Waals surface area contributed by atoms with Crippen molar-refractivity contribution in [2.75, 3.05) is 17.0 Å². The highest BCUT2D eigenvalue weighted by Crippen LogP contribution is 2.22. The van der Waals surface area contributed by atoms with Crippen LogP contribution in [-0.4, -0.2) is 26.8 Å². The highest BCUT2D eigenvalue weighted by atomic mass is 79.9. The van der Waals surface area contributed by atoms with Crippen LogP contribution in [0.4, 0.5) is 5.69 Å². The van der Waals surface area contributed by atoms with Gasteiger partial charge in [-0.2, -0.15) is 0 Å². The Bertz CT molecular complexity index is 525. The molecule has 4 nitrogen and oxygen atoms in total. The second-order valence-corrected chi connectivity index (χ2v) is 7.32. The van der Waals surface area contributed by atoms with Crippen molar-refractivity contribution in [1.29, 1.82) is 0 Å². The maximum atomic E-state index is 12.1. The van der Waals surface area contributed by atoms with Crippen molar-refractivity contribution in [3.05, 3.63) is 28.2 Å². The number of anilines is 1. The van der Waals surface area contributed by atoms with Crippen molar-refractivity contribution in [3.63, 3.8) is 0 Å². The lowest BCUT2D eigenvalue weighted by atomic mass is 10.2. The third-order valence-corrected chi connectivity index (χ3v) is 4.91. The quantitative estimate of drug-likeness (QED) is 0.889. The molecule has 1 unspecified atom stereocenters. The van der Waals surface area contributed by atoms with Crippen molar-refractivity contribution in [3.8, 4) is 0 Å². The van der Waals surface area contributed by atoms with Gasteiger partial charge in [-0.05, 0) is 44.0 Å². The summed E-state index contributed by atoms with van der Waals surface area (Å²) in [6.07, 6.45) is 1.98. The van der Waals surface area contributed by atoms with E-state index in [1.54, 1.807) is 6.07 Å². The van der Waals surface area contributed by atoms with Crippen LogP contribution in [0.5, 0.6) is 0 Å². The van der Waals surface area contributed by atoms with Crippen molar-refractivity contribution < 1.29 is 8.42 Å². The number of halogens is 1. The first-order valence-corrected chi connectivity index (χ1v) is 8.41. The minimum atomic E-state index is -3.29. The SMILES string of the molecule is Cc1ccc(Br)cc1NS(=O)(=O)CC1CCCN1. The fraction of sp³-hybridized carbons (Fsp3) is 0.500. The highest BCUT2D eigenvalue weighted by Gasteiger charge is 2.22. The van der Waals surface area contributed by atoms with Crippen molar-refractivity contribution in [1.82, 2.24) is 5.32 Å². The summed E-state index contributed by atoms with van der Waals surface area (Å²) >= 11 is 3.34. The molecule has 1 aromatic rings. The van der Waals surface area contributed by atoms with Crippen molar-refractivity contribution in [2.45, 2.75) is 25.8 Å². The Hall–Kier alpha value is -0.590. The molecule has 2 rings (SSSR count). The van der Waals surface area contributed by atoms with Crippen LogP contribution in [0.15, 0.2) is 22.7 Å². The van der Waals surface area contributed by atoms with E-state index in [0.29, 0.717) is 5.69 Å². The van der Waals surface area contributed by atoms with E-state index in [0.717, 1.165) is 29.4 Å². The van der Waals surface area contributed by atoms with Gasteiger partial charge in [-0.15, -0.1) is 0 Å². The number of nitrogens with one attached hydrogen (secondary N) is 2. The van der Waals surface area contributed by atoms with Gasteiger partial charge in [0, 0.05) is 10.5 Å². The Kier molecular flexibility index (Phi) is 4.29.